The van der Waals surface area contributed by atoms with Gasteiger partial charge >= 0.3 is 0 Å². The first-order valence-corrected chi connectivity index (χ1v) is 10.5. The fourth-order valence-corrected chi connectivity index (χ4v) is 4.16. The van der Waals surface area contributed by atoms with Gasteiger partial charge in [-0.1, -0.05) is 54.4 Å². The zero-order valence-corrected chi connectivity index (χ0v) is 18.2. The molecule has 0 radical (unpaired) electrons. The summed E-state index contributed by atoms with van der Waals surface area (Å²) in [5.41, 5.74) is 0.646. The summed E-state index contributed by atoms with van der Waals surface area (Å²) in [6.45, 7) is 19.3. The molecule has 0 aromatic heterocycles. The second-order valence-corrected chi connectivity index (χ2v) is 6.72. The Kier molecular flexibility index (Phi) is 15.6. The number of rotatable bonds is 2. The molecule has 0 aromatic carbocycles. The van der Waals surface area contributed by atoms with Gasteiger partial charge in [-0.2, -0.15) is 0 Å². The molecular formula is C21H50N2. The Hall–Kier alpha value is -0.0800. The zero-order chi connectivity index (χ0) is 18.5. The van der Waals surface area contributed by atoms with E-state index >= 15 is 0 Å². The highest BCUT2D eigenvalue weighted by Crippen LogP contribution is 2.46. The van der Waals surface area contributed by atoms with E-state index in [0.29, 0.717) is 5.41 Å². The maximum atomic E-state index is 2.66. The van der Waals surface area contributed by atoms with Crippen molar-refractivity contribution in [3.05, 3.63) is 0 Å². The van der Waals surface area contributed by atoms with E-state index in [1.165, 1.54) is 51.6 Å². The molecule has 0 bridgehead atoms. The lowest BCUT2D eigenvalue weighted by Crippen LogP contribution is -2.53. The highest BCUT2D eigenvalue weighted by Gasteiger charge is 2.43. The molecule has 144 valence electrons. The van der Waals surface area contributed by atoms with E-state index in [2.05, 4.69) is 37.7 Å². The van der Waals surface area contributed by atoms with Crippen molar-refractivity contribution in [2.75, 3.05) is 27.2 Å². The topological polar surface area (TPSA) is 6.48 Å². The number of nitrogens with zero attached hydrogens (tertiary/aromatic N) is 2. The number of piperidine rings is 1. The molecule has 2 rings (SSSR count). The second-order valence-electron chi connectivity index (χ2n) is 6.72. The van der Waals surface area contributed by atoms with Crippen LogP contribution in [0.3, 0.4) is 0 Å². The Morgan fingerprint density at radius 3 is 1.74 bits per heavy atom. The molecule has 23 heavy (non-hydrogen) atoms. The Morgan fingerprint density at radius 1 is 0.870 bits per heavy atom. The monoisotopic (exact) mass is 331 g/mol. The smallest absolute Gasteiger partial charge is 0.0147 e. The van der Waals surface area contributed by atoms with Crippen LogP contribution in [0.2, 0.25) is 0 Å². The summed E-state index contributed by atoms with van der Waals surface area (Å²) in [6.07, 6.45) is 8.66. The van der Waals surface area contributed by atoms with Crippen molar-refractivity contribution in [2.24, 2.45) is 5.41 Å². The predicted molar refractivity (Wildman–Crippen MR) is 110 cm³/mol. The van der Waals surface area contributed by atoms with Crippen LogP contribution in [-0.2, 0) is 0 Å². The second kappa shape index (κ2) is 14.3. The quantitative estimate of drug-likeness (QED) is 0.585. The predicted octanol–water partition coefficient (Wildman–Crippen LogP) is 6.31. The van der Waals surface area contributed by atoms with Gasteiger partial charge < -0.3 is 9.80 Å². The summed E-state index contributed by atoms with van der Waals surface area (Å²) < 4.78 is 0. The van der Waals surface area contributed by atoms with Crippen molar-refractivity contribution >= 4 is 0 Å². The van der Waals surface area contributed by atoms with E-state index in [9.17, 15) is 0 Å². The fourth-order valence-electron chi connectivity index (χ4n) is 4.16. The van der Waals surface area contributed by atoms with Gasteiger partial charge in [0, 0.05) is 13.5 Å². The third-order valence-corrected chi connectivity index (χ3v) is 5.26. The molecule has 0 aromatic rings. The number of hydrogen-bond acceptors (Lipinski definition) is 2. The van der Waals surface area contributed by atoms with Crippen LogP contribution in [0.4, 0.5) is 0 Å². The van der Waals surface area contributed by atoms with E-state index in [0.717, 1.165) is 12.1 Å². The highest BCUT2D eigenvalue weighted by molar-refractivity contribution is 4.97. The number of hydrogen-bond donors (Lipinski definition) is 0. The lowest BCUT2D eigenvalue weighted by atomic mass is 9.64. The molecule has 1 atom stereocenters. The average Bonchev–Trinajstić information content (AvgIpc) is 2.61. The van der Waals surface area contributed by atoms with Crippen molar-refractivity contribution in [2.45, 2.75) is 106 Å². The van der Waals surface area contributed by atoms with Gasteiger partial charge in [-0.05, 0) is 72.1 Å². The fraction of sp³-hybridized carbons (Fsp3) is 1.00. The Bertz CT molecular complexity index is 246. The summed E-state index contributed by atoms with van der Waals surface area (Å²) in [7, 11) is 4.57. The van der Waals surface area contributed by atoms with Crippen molar-refractivity contribution in [1.82, 2.24) is 9.80 Å². The largest absolute Gasteiger partial charge is 0.306 e. The van der Waals surface area contributed by atoms with Gasteiger partial charge in [-0.15, -0.1) is 0 Å². The van der Waals surface area contributed by atoms with Crippen LogP contribution >= 0.6 is 0 Å². The van der Waals surface area contributed by atoms with Crippen LogP contribution in [0.1, 0.15) is 95.3 Å². The summed E-state index contributed by atoms with van der Waals surface area (Å²) in [5.74, 6) is 0. The normalized spacial score (nSPS) is 23.2. The third-order valence-electron chi connectivity index (χ3n) is 5.26. The van der Waals surface area contributed by atoms with Gasteiger partial charge in [0.15, 0.2) is 0 Å². The van der Waals surface area contributed by atoms with Crippen molar-refractivity contribution in [1.29, 1.82) is 0 Å². The Balaban J connectivity index is -0.000000569. The van der Waals surface area contributed by atoms with Gasteiger partial charge in [-0.25, -0.2) is 0 Å². The zero-order valence-electron chi connectivity index (χ0n) is 18.2. The van der Waals surface area contributed by atoms with Crippen LogP contribution in [0, 0.1) is 5.41 Å². The van der Waals surface area contributed by atoms with Crippen LogP contribution < -0.4 is 0 Å². The number of likely N-dealkylation sites (tertiary alicyclic amines) is 1. The van der Waals surface area contributed by atoms with Crippen LogP contribution in [0.5, 0.6) is 0 Å². The summed E-state index contributed by atoms with van der Waals surface area (Å²) in [5, 5.41) is 0. The van der Waals surface area contributed by atoms with E-state index in [4.69, 9.17) is 0 Å². The minimum Gasteiger partial charge on any atom is -0.306 e. The van der Waals surface area contributed by atoms with E-state index in [1.54, 1.807) is 0 Å². The van der Waals surface area contributed by atoms with Gasteiger partial charge in [0.25, 0.3) is 0 Å². The molecule has 2 aliphatic rings. The van der Waals surface area contributed by atoms with Crippen LogP contribution in [-0.4, -0.2) is 49.1 Å². The summed E-state index contributed by atoms with van der Waals surface area (Å²) >= 11 is 0. The van der Waals surface area contributed by atoms with E-state index in [1.807, 2.05) is 41.5 Å². The van der Waals surface area contributed by atoms with Crippen LogP contribution in [0.25, 0.3) is 0 Å². The molecule has 1 spiro atoms. The summed E-state index contributed by atoms with van der Waals surface area (Å²) in [6, 6.07) is 1.57. The third kappa shape index (κ3) is 7.56. The van der Waals surface area contributed by atoms with Gasteiger partial charge in [0.2, 0.25) is 0 Å². The molecule has 0 N–H and O–H groups in total. The molecule has 2 heteroatoms. The van der Waals surface area contributed by atoms with Gasteiger partial charge in [0.1, 0.15) is 0 Å². The Labute approximate surface area is 150 Å². The maximum Gasteiger partial charge on any atom is 0.0147 e. The van der Waals surface area contributed by atoms with Gasteiger partial charge in [0.05, 0.1) is 0 Å². The van der Waals surface area contributed by atoms with Crippen molar-refractivity contribution in [3.8, 4) is 0 Å². The molecular weight excluding hydrogens is 280 g/mol. The lowest BCUT2D eigenvalue weighted by Gasteiger charge is -2.52. The molecule has 1 unspecified atom stereocenters. The lowest BCUT2D eigenvalue weighted by molar-refractivity contribution is -0.0124. The maximum absolute atomic E-state index is 2.66. The molecule has 1 aliphatic carbocycles. The SMILES string of the molecule is CC.CC.CC.CC(C)N1CCC2(CCCCC2N(C)C)CC1.[2HH]. The summed E-state index contributed by atoms with van der Waals surface area (Å²) in [4.78, 5) is 5.16. The molecule has 0 amide bonds. The first-order chi connectivity index (χ1) is 11.1. The van der Waals surface area contributed by atoms with E-state index < -0.39 is 0 Å². The molecule has 1 aliphatic heterocycles. The van der Waals surface area contributed by atoms with Crippen molar-refractivity contribution < 1.29 is 1.43 Å². The minimum absolute atomic E-state index is 0. The average molecular weight is 332 g/mol. The molecule has 2 nitrogen and oxygen atoms in total. The molecule has 2 fully saturated rings. The molecule has 1 saturated carbocycles. The Morgan fingerprint density at radius 2 is 1.35 bits per heavy atom. The molecule has 1 saturated heterocycles. The molecule has 1 heterocycles. The van der Waals surface area contributed by atoms with Crippen molar-refractivity contribution in [3.63, 3.8) is 0 Å². The minimum atomic E-state index is 0. The van der Waals surface area contributed by atoms with Gasteiger partial charge in [-0.3, -0.25) is 0 Å². The van der Waals surface area contributed by atoms with Crippen LogP contribution in [0.15, 0.2) is 0 Å². The van der Waals surface area contributed by atoms with E-state index in [-0.39, 0.29) is 1.43 Å². The standard InChI is InChI=1S/C15H30N2.3C2H6.H2/c1-13(2)17-11-9-15(10-12-17)8-6-5-7-14(15)16(3)4;3*1-2;/h13-14H,5-12H2,1-4H3;3*1-2H3;1H/i;;;;1+1. The first-order valence-electron chi connectivity index (χ1n) is 10.5. The first kappa shape index (κ1) is 25.2. The highest BCUT2D eigenvalue weighted by atomic mass is 15.2.